The van der Waals surface area contributed by atoms with Gasteiger partial charge in [-0.05, 0) is 39.0 Å². The Labute approximate surface area is 141 Å². The van der Waals surface area contributed by atoms with Gasteiger partial charge in [0.05, 0.1) is 11.8 Å². The number of allylic oxidation sites excluding steroid dienone is 2. The molecule has 1 N–H and O–H groups in total. The third-order valence-corrected chi connectivity index (χ3v) is 3.59. The number of rotatable bonds is 2. The van der Waals surface area contributed by atoms with Gasteiger partial charge < -0.3 is 4.74 Å². The van der Waals surface area contributed by atoms with E-state index >= 15 is 0 Å². The topological polar surface area (TPSA) is 63.0 Å². The molecule has 1 amide bonds. The van der Waals surface area contributed by atoms with Crippen molar-refractivity contribution in [1.82, 2.24) is 10.0 Å². The molecular formula is C18H21N4O2+. The fraction of sp³-hybridized carbons (Fsp3) is 0.278. The van der Waals surface area contributed by atoms with Gasteiger partial charge in [-0.2, -0.15) is 9.90 Å². The largest absolute Gasteiger partial charge is 0.549 e. The summed E-state index contributed by atoms with van der Waals surface area (Å²) in [6.07, 6.45) is 8.59. The molecule has 1 unspecified atom stereocenters. The molecule has 1 aromatic carbocycles. The van der Waals surface area contributed by atoms with Crippen molar-refractivity contribution >= 4 is 23.7 Å². The van der Waals surface area contributed by atoms with E-state index in [9.17, 15) is 4.79 Å². The van der Waals surface area contributed by atoms with Crippen LogP contribution in [0, 0.1) is 0 Å². The molecule has 0 bridgehead atoms. The highest BCUT2D eigenvalue weighted by molar-refractivity contribution is 6.05. The number of ether oxygens (including phenoxy) is 1. The second-order valence-corrected chi connectivity index (χ2v) is 6.66. The fourth-order valence-corrected chi connectivity index (χ4v) is 2.58. The van der Waals surface area contributed by atoms with Gasteiger partial charge in [-0.15, -0.1) is 0 Å². The summed E-state index contributed by atoms with van der Waals surface area (Å²) in [4.78, 5) is 13.0. The van der Waals surface area contributed by atoms with Gasteiger partial charge in [0.25, 0.3) is 0 Å². The SMILES string of the molecule is CC(C)(C)OC(=O)[N+]1(CC2=NNC=CC=C2)N=Cc2ccccc21. The lowest BCUT2D eigenvalue weighted by Crippen LogP contribution is -2.53. The normalized spacial score (nSPS) is 21.7. The minimum absolute atomic E-state index is 0.271. The zero-order valence-electron chi connectivity index (χ0n) is 14.1. The second kappa shape index (κ2) is 6.05. The lowest BCUT2D eigenvalue weighted by Gasteiger charge is -2.28. The highest BCUT2D eigenvalue weighted by Crippen LogP contribution is 2.34. The van der Waals surface area contributed by atoms with E-state index in [1.165, 1.54) is 0 Å². The zero-order chi connectivity index (χ0) is 17.2. The monoisotopic (exact) mass is 325 g/mol. The first-order valence-electron chi connectivity index (χ1n) is 7.83. The van der Waals surface area contributed by atoms with E-state index in [4.69, 9.17) is 4.74 Å². The van der Waals surface area contributed by atoms with E-state index in [0.29, 0.717) is 5.71 Å². The molecule has 0 aliphatic carbocycles. The summed E-state index contributed by atoms with van der Waals surface area (Å²) >= 11 is 0. The average molecular weight is 325 g/mol. The van der Waals surface area contributed by atoms with Crippen molar-refractivity contribution in [3.63, 3.8) is 0 Å². The first-order chi connectivity index (χ1) is 11.4. The van der Waals surface area contributed by atoms with E-state index in [-0.39, 0.29) is 11.1 Å². The summed E-state index contributed by atoms with van der Waals surface area (Å²) in [6, 6.07) is 7.66. The number of benzene rings is 1. The Morgan fingerprint density at radius 2 is 2.04 bits per heavy atom. The number of hydrazone groups is 1. The highest BCUT2D eigenvalue weighted by atomic mass is 16.6. The molecule has 2 aliphatic heterocycles. The van der Waals surface area contributed by atoms with Crippen LogP contribution in [0.15, 0.2) is 58.9 Å². The van der Waals surface area contributed by atoms with Gasteiger partial charge in [0.2, 0.25) is 0 Å². The number of quaternary nitrogens is 1. The third-order valence-electron chi connectivity index (χ3n) is 3.59. The lowest BCUT2D eigenvalue weighted by molar-refractivity contribution is 0.0300. The Hall–Kier alpha value is -2.73. The van der Waals surface area contributed by atoms with Crippen molar-refractivity contribution in [2.75, 3.05) is 6.54 Å². The number of nitrogens with one attached hydrogen (secondary N) is 1. The van der Waals surface area contributed by atoms with Gasteiger partial charge >= 0.3 is 6.09 Å². The van der Waals surface area contributed by atoms with Gasteiger partial charge in [0, 0.05) is 12.3 Å². The predicted octanol–water partition coefficient (Wildman–Crippen LogP) is 3.31. The fourth-order valence-electron chi connectivity index (χ4n) is 2.58. The first kappa shape index (κ1) is 16.1. The summed E-state index contributed by atoms with van der Waals surface area (Å²) in [6.45, 7) is 5.82. The maximum absolute atomic E-state index is 13.0. The molecule has 124 valence electrons. The van der Waals surface area contributed by atoms with E-state index in [0.717, 1.165) is 11.3 Å². The molecule has 2 aliphatic rings. The number of hydrogen-bond donors (Lipinski definition) is 1. The standard InChI is InChI=1S/C18H21N4O2/c1-18(2,3)24-17(23)22(13-15-9-6-7-11-19-21-15)16-10-5-4-8-14(16)12-20-22/h4-12,19H,13H2,1-3H3/q+1. The van der Waals surface area contributed by atoms with Crippen molar-refractivity contribution in [2.24, 2.45) is 10.2 Å². The molecule has 0 saturated heterocycles. The summed E-state index contributed by atoms with van der Waals surface area (Å²) in [5.74, 6) is 0. The first-order valence-corrected chi connectivity index (χ1v) is 7.83. The Bertz CT molecular complexity index is 771. The Morgan fingerprint density at radius 3 is 2.83 bits per heavy atom. The van der Waals surface area contributed by atoms with Crippen LogP contribution in [0.4, 0.5) is 10.5 Å². The Kier molecular flexibility index (Phi) is 4.07. The third kappa shape index (κ3) is 3.14. The summed E-state index contributed by atoms with van der Waals surface area (Å²) in [5.41, 5.74) is 4.64. The van der Waals surface area contributed by atoms with Crippen molar-refractivity contribution in [1.29, 1.82) is 0 Å². The smallest absolute Gasteiger partial charge is 0.412 e. The van der Waals surface area contributed by atoms with Crippen LogP contribution < -0.4 is 10.0 Å². The number of carbonyl (C=O) groups excluding carboxylic acids is 1. The molecule has 1 atom stereocenters. The van der Waals surface area contributed by atoms with E-state index in [2.05, 4.69) is 15.6 Å². The molecule has 6 heteroatoms. The van der Waals surface area contributed by atoms with Crippen molar-refractivity contribution in [2.45, 2.75) is 26.4 Å². The number of fused-ring (bicyclic) bond motifs is 1. The molecule has 24 heavy (non-hydrogen) atoms. The number of para-hydroxylation sites is 1. The summed E-state index contributed by atoms with van der Waals surface area (Å²) in [5, 5.41) is 8.80. The molecule has 2 heterocycles. The van der Waals surface area contributed by atoms with Crippen LogP contribution in [0.25, 0.3) is 0 Å². The zero-order valence-corrected chi connectivity index (χ0v) is 14.1. The molecule has 0 radical (unpaired) electrons. The molecule has 0 aromatic heterocycles. The lowest BCUT2D eigenvalue weighted by atomic mass is 10.1. The minimum Gasteiger partial charge on any atom is -0.412 e. The van der Waals surface area contributed by atoms with Crippen LogP contribution in [0.3, 0.4) is 0 Å². The average Bonchev–Trinajstić information content (AvgIpc) is 2.70. The van der Waals surface area contributed by atoms with Crippen LogP contribution in [0.5, 0.6) is 0 Å². The summed E-state index contributed by atoms with van der Waals surface area (Å²) < 4.78 is 5.38. The van der Waals surface area contributed by atoms with Crippen LogP contribution in [-0.2, 0) is 4.74 Å². The number of nitrogens with zero attached hydrogens (tertiary/aromatic N) is 3. The maximum Gasteiger partial charge on any atom is 0.549 e. The highest BCUT2D eigenvalue weighted by Gasteiger charge is 2.49. The van der Waals surface area contributed by atoms with Gasteiger partial charge in [-0.1, -0.05) is 27.9 Å². The van der Waals surface area contributed by atoms with E-state index < -0.39 is 11.7 Å². The predicted molar refractivity (Wildman–Crippen MR) is 95.8 cm³/mol. The van der Waals surface area contributed by atoms with Crippen molar-refractivity contribution in [3.05, 3.63) is 54.3 Å². The van der Waals surface area contributed by atoms with Crippen LogP contribution in [0.2, 0.25) is 0 Å². The number of carbonyl (C=O) groups is 1. The van der Waals surface area contributed by atoms with Gasteiger partial charge in [-0.25, -0.2) is 0 Å². The molecule has 0 fully saturated rings. The van der Waals surface area contributed by atoms with Crippen LogP contribution in [0.1, 0.15) is 26.3 Å². The van der Waals surface area contributed by atoms with Crippen LogP contribution in [-0.4, -0.2) is 30.2 Å². The second-order valence-electron chi connectivity index (χ2n) is 6.66. The van der Waals surface area contributed by atoms with Crippen molar-refractivity contribution < 1.29 is 9.53 Å². The maximum atomic E-state index is 13.0. The Balaban J connectivity index is 2.01. The van der Waals surface area contributed by atoms with Gasteiger partial charge in [0.1, 0.15) is 11.3 Å². The van der Waals surface area contributed by atoms with Gasteiger partial charge in [0.15, 0.2) is 12.2 Å². The Morgan fingerprint density at radius 1 is 1.25 bits per heavy atom. The van der Waals surface area contributed by atoms with E-state index in [1.54, 1.807) is 12.4 Å². The molecule has 6 nitrogen and oxygen atoms in total. The van der Waals surface area contributed by atoms with Crippen LogP contribution >= 0.6 is 0 Å². The molecule has 1 aromatic rings. The van der Waals surface area contributed by atoms with Crippen molar-refractivity contribution in [3.8, 4) is 0 Å². The molecule has 0 saturated carbocycles. The van der Waals surface area contributed by atoms with Gasteiger partial charge in [-0.3, -0.25) is 5.43 Å². The molecule has 3 rings (SSSR count). The minimum atomic E-state index is -0.601. The number of amides is 1. The number of hydrogen-bond acceptors (Lipinski definition) is 5. The molecular weight excluding hydrogens is 304 g/mol. The molecule has 0 spiro atoms. The van der Waals surface area contributed by atoms with E-state index in [1.807, 2.05) is 63.3 Å². The quantitative estimate of drug-likeness (QED) is 0.849. The summed E-state index contributed by atoms with van der Waals surface area (Å²) in [7, 11) is 0.